The highest BCUT2D eigenvalue weighted by Crippen LogP contribution is 2.34. The van der Waals surface area contributed by atoms with E-state index in [-0.39, 0.29) is 6.10 Å². The van der Waals surface area contributed by atoms with Gasteiger partial charge in [0.25, 0.3) is 0 Å². The molecule has 0 unspecified atom stereocenters. The first-order valence-corrected chi connectivity index (χ1v) is 8.38. The number of ether oxygens (including phenoxy) is 2. The van der Waals surface area contributed by atoms with Gasteiger partial charge in [-0.05, 0) is 32.5 Å². The number of carbonyl (C=O) groups is 1. The number of halogens is 1. The van der Waals surface area contributed by atoms with Crippen molar-refractivity contribution in [2.45, 2.75) is 32.5 Å². The van der Waals surface area contributed by atoms with E-state index < -0.39 is 12.0 Å². The van der Waals surface area contributed by atoms with Gasteiger partial charge in [-0.1, -0.05) is 11.6 Å². The summed E-state index contributed by atoms with van der Waals surface area (Å²) in [5.41, 5.74) is 0.901. The normalized spacial score (nSPS) is 19.5. The molecule has 1 aromatic rings. The van der Waals surface area contributed by atoms with E-state index in [1.54, 1.807) is 13.2 Å². The number of nitrogens with zero attached hydrogens (tertiary/aromatic N) is 2. The van der Waals surface area contributed by atoms with Gasteiger partial charge in [0.2, 0.25) is 0 Å². The predicted octanol–water partition coefficient (Wildman–Crippen LogP) is 2.34. The summed E-state index contributed by atoms with van der Waals surface area (Å²) in [5.74, 6) is 0.446. The van der Waals surface area contributed by atoms with Gasteiger partial charge in [0, 0.05) is 37.3 Å². The molecule has 1 atom stereocenters. The number of hydrogen-bond donors (Lipinski definition) is 1. The Morgan fingerprint density at radius 2 is 2.08 bits per heavy atom. The third-order valence-electron chi connectivity index (χ3n) is 4.11. The van der Waals surface area contributed by atoms with Gasteiger partial charge in [0.1, 0.15) is 6.04 Å². The minimum atomic E-state index is -0.799. The fraction of sp³-hybridized carbons (Fsp3) is 0.588. The summed E-state index contributed by atoms with van der Waals surface area (Å²) in [7, 11) is 3.43. The van der Waals surface area contributed by atoms with E-state index in [0.29, 0.717) is 36.2 Å². The quantitative estimate of drug-likeness (QED) is 0.844. The number of benzene rings is 1. The van der Waals surface area contributed by atoms with Crippen LogP contribution in [0.4, 0.5) is 0 Å². The molecular formula is C17H25ClN2O4. The zero-order valence-electron chi connectivity index (χ0n) is 14.6. The second kappa shape index (κ2) is 8.05. The predicted molar refractivity (Wildman–Crippen MR) is 93.1 cm³/mol. The highest BCUT2D eigenvalue weighted by Gasteiger charge is 2.30. The fourth-order valence-electron chi connectivity index (χ4n) is 2.79. The molecule has 1 aliphatic rings. The molecule has 0 radical (unpaired) electrons. The van der Waals surface area contributed by atoms with Crippen molar-refractivity contribution in [2.24, 2.45) is 0 Å². The Morgan fingerprint density at radius 1 is 1.38 bits per heavy atom. The topological polar surface area (TPSA) is 62.2 Å². The molecule has 0 saturated carbocycles. The Kier molecular flexibility index (Phi) is 6.32. The summed E-state index contributed by atoms with van der Waals surface area (Å²) in [6.45, 7) is 6.43. The Balaban J connectivity index is 2.16. The summed E-state index contributed by atoms with van der Waals surface area (Å²) in [6, 6.07) is 3.14. The second-order valence-electron chi connectivity index (χ2n) is 6.33. The number of carboxylic acid groups (broad SMARTS) is 1. The van der Waals surface area contributed by atoms with Crippen molar-refractivity contribution in [3.8, 4) is 11.5 Å². The summed E-state index contributed by atoms with van der Waals surface area (Å²) in [4.78, 5) is 15.3. The molecule has 1 saturated heterocycles. The lowest BCUT2D eigenvalue weighted by molar-refractivity contribution is -0.145. The molecule has 1 aromatic carbocycles. The van der Waals surface area contributed by atoms with Gasteiger partial charge in [-0.25, -0.2) is 0 Å². The Bertz CT molecular complexity index is 594. The monoisotopic (exact) mass is 356 g/mol. The number of rotatable bonds is 6. The molecule has 0 aliphatic carbocycles. The van der Waals surface area contributed by atoms with Crippen LogP contribution >= 0.6 is 11.6 Å². The first-order chi connectivity index (χ1) is 11.3. The smallest absolute Gasteiger partial charge is 0.322 e. The lowest BCUT2D eigenvalue weighted by atomic mass is 10.1. The SMILES string of the molecule is COc1cc(CN2CCN(C)[C@@H](C(=O)O)C2)c(Cl)cc1OC(C)C. The molecule has 7 heteroatoms. The lowest BCUT2D eigenvalue weighted by Gasteiger charge is -2.37. The maximum Gasteiger partial charge on any atom is 0.322 e. The van der Waals surface area contributed by atoms with Crippen molar-refractivity contribution in [3.63, 3.8) is 0 Å². The fourth-order valence-corrected chi connectivity index (χ4v) is 3.00. The molecule has 1 heterocycles. The molecule has 1 N–H and O–H groups in total. The van der Waals surface area contributed by atoms with Crippen molar-refractivity contribution >= 4 is 17.6 Å². The summed E-state index contributed by atoms with van der Waals surface area (Å²) >= 11 is 6.40. The number of aliphatic carboxylic acids is 1. The largest absolute Gasteiger partial charge is 0.493 e. The van der Waals surface area contributed by atoms with Crippen LogP contribution in [0.2, 0.25) is 5.02 Å². The number of carboxylic acids is 1. The van der Waals surface area contributed by atoms with Crippen LogP contribution in [-0.4, -0.2) is 66.8 Å². The van der Waals surface area contributed by atoms with Crippen molar-refractivity contribution < 1.29 is 19.4 Å². The summed E-state index contributed by atoms with van der Waals surface area (Å²) in [5, 5.41) is 9.91. The third kappa shape index (κ3) is 4.53. The maximum absolute atomic E-state index is 11.3. The van der Waals surface area contributed by atoms with Crippen molar-refractivity contribution in [2.75, 3.05) is 33.8 Å². The van der Waals surface area contributed by atoms with Crippen molar-refractivity contribution in [3.05, 3.63) is 22.7 Å². The van der Waals surface area contributed by atoms with Crippen LogP contribution in [0.15, 0.2) is 12.1 Å². The van der Waals surface area contributed by atoms with Crippen molar-refractivity contribution in [1.82, 2.24) is 9.80 Å². The molecule has 0 amide bonds. The van der Waals surface area contributed by atoms with E-state index in [2.05, 4.69) is 4.90 Å². The minimum Gasteiger partial charge on any atom is -0.493 e. The number of hydrogen-bond acceptors (Lipinski definition) is 5. The number of piperazine rings is 1. The van der Waals surface area contributed by atoms with Crippen molar-refractivity contribution in [1.29, 1.82) is 0 Å². The standard InChI is InChI=1S/C17H25ClN2O4/c1-11(2)24-16-8-13(18)12(7-15(16)23-4)9-20-6-5-19(3)14(10-20)17(21)22/h7-8,11,14H,5-6,9-10H2,1-4H3,(H,21,22)/t14-/m1/s1. The van der Waals surface area contributed by atoms with Gasteiger partial charge in [-0.15, -0.1) is 0 Å². The van der Waals surface area contributed by atoms with Gasteiger partial charge in [-0.3, -0.25) is 14.6 Å². The highest BCUT2D eigenvalue weighted by atomic mass is 35.5. The van der Waals surface area contributed by atoms with Crippen LogP contribution in [-0.2, 0) is 11.3 Å². The van der Waals surface area contributed by atoms with E-state index in [9.17, 15) is 9.90 Å². The second-order valence-corrected chi connectivity index (χ2v) is 6.74. The molecule has 1 aliphatic heterocycles. The van der Waals surface area contributed by atoms with Crippen LogP contribution in [0.3, 0.4) is 0 Å². The molecule has 0 aromatic heterocycles. The Labute approximate surface area is 147 Å². The zero-order chi connectivity index (χ0) is 17.9. The van der Waals surface area contributed by atoms with E-state index in [1.807, 2.05) is 31.9 Å². The first-order valence-electron chi connectivity index (χ1n) is 8.00. The lowest BCUT2D eigenvalue weighted by Crippen LogP contribution is -2.54. The molecule has 134 valence electrons. The van der Waals surface area contributed by atoms with Crippen LogP contribution in [0.25, 0.3) is 0 Å². The summed E-state index contributed by atoms with van der Waals surface area (Å²) < 4.78 is 11.1. The first kappa shape index (κ1) is 18.8. The molecule has 24 heavy (non-hydrogen) atoms. The molecule has 6 nitrogen and oxygen atoms in total. The highest BCUT2D eigenvalue weighted by molar-refractivity contribution is 6.31. The van der Waals surface area contributed by atoms with E-state index in [4.69, 9.17) is 21.1 Å². The number of likely N-dealkylation sites (N-methyl/N-ethyl adjacent to an activating group) is 1. The van der Waals surface area contributed by atoms with Gasteiger partial charge in [-0.2, -0.15) is 0 Å². The summed E-state index contributed by atoms with van der Waals surface area (Å²) in [6.07, 6.45) is 0.0229. The molecule has 0 bridgehead atoms. The van der Waals surface area contributed by atoms with Crippen LogP contribution < -0.4 is 9.47 Å². The minimum absolute atomic E-state index is 0.0229. The van der Waals surface area contributed by atoms with Crippen LogP contribution in [0.5, 0.6) is 11.5 Å². The van der Waals surface area contributed by atoms with E-state index in [0.717, 1.165) is 12.1 Å². The molecule has 0 spiro atoms. The average molecular weight is 357 g/mol. The van der Waals surface area contributed by atoms with E-state index >= 15 is 0 Å². The third-order valence-corrected chi connectivity index (χ3v) is 4.46. The van der Waals surface area contributed by atoms with Gasteiger partial charge >= 0.3 is 5.97 Å². The Morgan fingerprint density at radius 3 is 2.67 bits per heavy atom. The van der Waals surface area contributed by atoms with Gasteiger partial charge < -0.3 is 14.6 Å². The Hall–Kier alpha value is -1.50. The van der Waals surface area contributed by atoms with Gasteiger partial charge in [0.15, 0.2) is 11.5 Å². The zero-order valence-corrected chi connectivity index (χ0v) is 15.3. The average Bonchev–Trinajstić information content (AvgIpc) is 2.50. The number of methoxy groups -OCH3 is 1. The van der Waals surface area contributed by atoms with Crippen LogP contribution in [0, 0.1) is 0 Å². The van der Waals surface area contributed by atoms with Gasteiger partial charge in [0.05, 0.1) is 13.2 Å². The molecule has 1 fully saturated rings. The molecule has 2 rings (SSSR count). The van der Waals surface area contributed by atoms with E-state index in [1.165, 1.54) is 0 Å². The molecular weight excluding hydrogens is 332 g/mol. The maximum atomic E-state index is 11.3. The van der Waals surface area contributed by atoms with Crippen LogP contribution in [0.1, 0.15) is 19.4 Å².